The number of amidine groups is 1. The van der Waals surface area contributed by atoms with Crippen molar-refractivity contribution in [2.24, 2.45) is 10.9 Å². The lowest BCUT2D eigenvalue weighted by Gasteiger charge is -2.36. The van der Waals surface area contributed by atoms with Gasteiger partial charge in [0.25, 0.3) is 0 Å². The van der Waals surface area contributed by atoms with Crippen LogP contribution in [0.2, 0.25) is 18.1 Å². The smallest absolute Gasteiger partial charge is 0.192 e. The lowest BCUT2D eigenvalue weighted by molar-refractivity contribution is 0.272. The molecule has 1 aromatic rings. The van der Waals surface area contributed by atoms with Crippen molar-refractivity contribution in [3.05, 3.63) is 29.6 Å². The maximum atomic E-state index is 8.66. The van der Waals surface area contributed by atoms with Crippen molar-refractivity contribution in [1.82, 2.24) is 4.98 Å². The van der Waals surface area contributed by atoms with Crippen molar-refractivity contribution in [2.75, 3.05) is 0 Å². The minimum absolute atomic E-state index is 0.0796. The van der Waals surface area contributed by atoms with Crippen molar-refractivity contribution in [3.63, 3.8) is 0 Å². The second-order valence-corrected chi connectivity index (χ2v) is 10.9. The minimum atomic E-state index is -1.79. The van der Waals surface area contributed by atoms with Gasteiger partial charge in [-0.25, -0.2) is 0 Å². The van der Waals surface area contributed by atoms with E-state index in [1.807, 2.05) is 0 Å². The molecule has 6 heteroatoms. The molecule has 0 unspecified atom stereocenters. The van der Waals surface area contributed by atoms with Crippen LogP contribution >= 0.6 is 0 Å². The summed E-state index contributed by atoms with van der Waals surface area (Å²) >= 11 is 0. The van der Waals surface area contributed by atoms with Gasteiger partial charge in [-0.15, -0.1) is 0 Å². The molecule has 0 saturated heterocycles. The highest BCUT2D eigenvalue weighted by molar-refractivity contribution is 6.74. The molecule has 0 saturated carbocycles. The van der Waals surface area contributed by atoms with E-state index < -0.39 is 8.32 Å². The van der Waals surface area contributed by atoms with Gasteiger partial charge in [-0.05, 0) is 30.3 Å². The third-order valence-electron chi connectivity index (χ3n) is 3.61. The molecule has 0 aliphatic rings. The summed E-state index contributed by atoms with van der Waals surface area (Å²) in [5.74, 6) is 0.0796. The molecule has 0 aliphatic carbocycles. The van der Waals surface area contributed by atoms with E-state index >= 15 is 0 Å². The lowest BCUT2D eigenvalue weighted by atomic mass is 10.2. The van der Waals surface area contributed by atoms with E-state index in [0.717, 1.165) is 5.69 Å². The van der Waals surface area contributed by atoms with Crippen LogP contribution in [-0.4, -0.2) is 24.3 Å². The van der Waals surface area contributed by atoms with Gasteiger partial charge in [-0.1, -0.05) is 25.9 Å². The summed E-state index contributed by atoms with van der Waals surface area (Å²) in [5.41, 5.74) is 6.99. The Morgan fingerprint density at radius 1 is 1.47 bits per heavy atom. The number of hydrogen-bond donors (Lipinski definition) is 2. The zero-order chi connectivity index (χ0) is 14.7. The maximum absolute atomic E-state index is 8.66. The molecule has 0 bridgehead atoms. The van der Waals surface area contributed by atoms with Gasteiger partial charge >= 0.3 is 0 Å². The second kappa shape index (κ2) is 5.71. The van der Waals surface area contributed by atoms with Gasteiger partial charge in [0, 0.05) is 11.8 Å². The van der Waals surface area contributed by atoms with Gasteiger partial charge in [-0.3, -0.25) is 4.98 Å². The van der Waals surface area contributed by atoms with Crippen molar-refractivity contribution < 1.29 is 9.63 Å². The van der Waals surface area contributed by atoms with E-state index in [9.17, 15) is 0 Å². The molecule has 106 valence electrons. The standard InChI is InChI=1S/C13H23N3O2Si/c1-13(2,3)19(4,5)18-9-11-8-10(6-7-15-11)12(14)16-17/h6-8,17H,9H2,1-5H3,(H2,14,16). The average Bonchev–Trinajstić information content (AvgIpc) is 2.34. The van der Waals surface area contributed by atoms with E-state index in [4.69, 9.17) is 15.4 Å². The average molecular weight is 281 g/mol. The molecule has 3 N–H and O–H groups in total. The zero-order valence-electron chi connectivity index (χ0n) is 12.3. The molecule has 0 atom stereocenters. The summed E-state index contributed by atoms with van der Waals surface area (Å²) in [6, 6.07) is 3.48. The Kier molecular flexibility index (Phi) is 4.70. The SMILES string of the molecule is CC(C)(C)[Si](C)(C)OCc1cc(/C(N)=N/O)ccn1. The van der Waals surface area contributed by atoms with Gasteiger partial charge in [0.15, 0.2) is 14.2 Å². The van der Waals surface area contributed by atoms with Crippen LogP contribution in [0.3, 0.4) is 0 Å². The van der Waals surface area contributed by atoms with E-state index in [1.165, 1.54) is 0 Å². The summed E-state index contributed by atoms with van der Waals surface area (Å²) in [6.07, 6.45) is 1.64. The third kappa shape index (κ3) is 4.04. The fourth-order valence-corrected chi connectivity index (χ4v) is 2.19. The van der Waals surface area contributed by atoms with Crippen LogP contribution in [0.4, 0.5) is 0 Å². The molecule has 1 rings (SSSR count). The topological polar surface area (TPSA) is 80.7 Å². The first-order valence-electron chi connectivity index (χ1n) is 6.24. The van der Waals surface area contributed by atoms with Crippen molar-refractivity contribution >= 4 is 14.2 Å². The van der Waals surface area contributed by atoms with Gasteiger partial charge in [0.05, 0.1) is 12.3 Å². The van der Waals surface area contributed by atoms with Crippen LogP contribution in [0.25, 0.3) is 0 Å². The minimum Gasteiger partial charge on any atom is -0.411 e. The first kappa shape index (κ1) is 15.7. The highest BCUT2D eigenvalue weighted by Crippen LogP contribution is 2.36. The molecule has 0 fully saturated rings. The Hall–Kier alpha value is -1.40. The lowest BCUT2D eigenvalue weighted by Crippen LogP contribution is -2.40. The van der Waals surface area contributed by atoms with E-state index in [-0.39, 0.29) is 10.9 Å². The normalized spacial score (nSPS) is 13.6. The molecule has 0 radical (unpaired) electrons. The molecule has 0 aromatic carbocycles. The van der Waals surface area contributed by atoms with E-state index in [1.54, 1.807) is 18.3 Å². The van der Waals surface area contributed by atoms with Crippen LogP contribution in [0.1, 0.15) is 32.0 Å². The number of hydrogen-bond acceptors (Lipinski definition) is 4. The van der Waals surface area contributed by atoms with Gasteiger partial charge in [-0.2, -0.15) is 0 Å². The quantitative estimate of drug-likeness (QED) is 0.292. The number of oxime groups is 1. The Balaban J connectivity index is 2.80. The van der Waals surface area contributed by atoms with Crippen LogP contribution in [0, 0.1) is 0 Å². The maximum Gasteiger partial charge on any atom is 0.192 e. The van der Waals surface area contributed by atoms with Crippen LogP contribution in [-0.2, 0) is 11.0 Å². The molecular weight excluding hydrogens is 258 g/mol. The largest absolute Gasteiger partial charge is 0.411 e. The van der Waals surface area contributed by atoms with E-state index in [0.29, 0.717) is 12.2 Å². The number of nitrogens with two attached hydrogens (primary N) is 1. The predicted octanol–water partition coefficient (Wildman–Crippen LogP) is 2.70. The van der Waals surface area contributed by atoms with Crippen molar-refractivity contribution in [3.8, 4) is 0 Å². The number of pyridine rings is 1. The molecule has 19 heavy (non-hydrogen) atoms. The highest BCUT2D eigenvalue weighted by Gasteiger charge is 2.37. The Labute approximate surface area is 115 Å². The fraction of sp³-hybridized carbons (Fsp3) is 0.538. The Morgan fingerprint density at radius 3 is 2.63 bits per heavy atom. The number of nitrogens with zero attached hydrogens (tertiary/aromatic N) is 2. The molecule has 0 spiro atoms. The van der Waals surface area contributed by atoms with Gasteiger partial charge in [0.2, 0.25) is 0 Å². The molecule has 1 aromatic heterocycles. The summed E-state index contributed by atoms with van der Waals surface area (Å²) < 4.78 is 6.08. The third-order valence-corrected chi connectivity index (χ3v) is 8.09. The predicted molar refractivity (Wildman–Crippen MR) is 78.7 cm³/mol. The molecule has 5 nitrogen and oxygen atoms in total. The molecule has 0 aliphatic heterocycles. The van der Waals surface area contributed by atoms with E-state index in [2.05, 4.69) is 44.0 Å². The van der Waals surface area contributed by atoms with Gasteiger partial charge in [0.1, 0.15) is 0 Å². The number of rotatable bonds is 4. The molecule has 0 amide bonds. The molecule has 1 heterocycles. The summed E-state index contributed by atoms with van der Waals surface area (Å²) in [4.78, 5) is 4.25. The zero-order valence-corrected chi connectivity index (χ0v) is 13.3. The highest BCUT2D eigenvalue weighted by atomic mass is 28.4. The second-order valence-electron chi connectivity index (χ2n) is 6.07. The van der Waals surface area contributed by atoms with Crippen LogP contribution < -0.4 is 5.73 Å². The number of aromatic nitrogens is 1. The van der Waals surface area contributed by atoms with Gasteiger partial charge < -0.3 is 15.4 Å². The first-order valence-corrected chi connectivity index (χ1v) is 9.15. The first-order chi connectivity index (χ1) is 8.67. The molecular formula is C13H23N3O2Si. The monoisotopic (exact) mass is 281 g/mol. The fourth-order valence-electron chi connectivity index (χ4n) is 1.25. The van der Waals surface area contributed by atoms with Crippen LogP contribution in [0.5, 0.6) is 0 Å². The summed E-state index contributed by atoms with van der Waals surface area (Å²) in [7, 11) is -1.79. The summed E-state index contributed by atoms with van der Waals surface area (Å²) in [5, 5.41) is 11.8. The Bertz CT molecular complexity index is 467. The van der Waals surface area contributed by atoms with Crippen molar-refractivity contribution in [1.29, 1.82) is 0 Å². The Morgan fingerprint density at radius 2 is 2.11 bits per heavy atom. The summed E-state index contributed by atoms with van der Waals surface area (Å²) in [6.45, 7) is 11.4. The van der Waals surface area contributed by atoms with Crippen molar-refractivity contribution in [2.45, 2.75) is 45.5 Å². The van der Waals surface area contributed by atoms with Crippen LogP contribution in [0.15, 0.2) is 23.5 Å².